The van der Waals surface area contributed by atoms with E-state index in [4.69, 9.17) is 14.6 Å². The van der Waals surface area contributed by atoms with Gasteiger partial charge in [-0.25, -0.2) is 4.79 Å². The maximum Gasteiger partial charge on any atom is 0.407 e. The summed E-state index contributed by atoms with van der Waals surface area (Å²) in [7, 11) is 0. The highest BCUT2D eigenvalue weighted by Crippen LogP contribution is 2.23. The molecule has 0 aliphatic carbocycles. The van der Waals surface area contributed by atoms with Crippen molar-refractivity contribution in [1.82, 2.24) is 10.2 Å². The fraction of sp³-hybridized carbons (Fsp3) is 0.600. The van der Waals surface area contributed by atoms with Gasteiger partial charge in [0.15, 0.2) is 0 Å². The Bertz CT molecular complexity index is 674. The number of nitrogens with one attached hydrogen (secondary N) is 1. The SMILES string of the molecule is CC(=O)N(CCCCNC(=O)OCc1ccccc1)[C@@H]1[C@@H](O)[C@@H](O)[C@@H](CO)O[C@H]1[O-]. The van der Waals surface area contributed by atoms with E-state index >= 15 is 0 Å². The molecule has 0 bridgehead atoms. The zero-order valence-electron chi connectivity index (χ0n) is 16.8. The standard InChI is InChI=1S/C20H29N2O8/c1-13(24)22(16-18(26)17(25)15(11-23)30-19(16)27)10-6-5-9-21-20(28)29-12-14-7-3-2-4-8-14/h2-4,7-8,15-19,23,25-26H,5-6,9-12H2,1H3,(H,21,28)/q-1/t15-,16-,17+,18-,19-/m1/s1. The van der Waals surface area contributed by atoms with Crippen molar-refractivity contribution in [3.05, 3.63) is 35.9 Å². The van der Waals surface area contributed by atoms with Gasteiger partial charge in [-0.3, -0.25) is 4.79 Å². The summed E-state index contributed by atoms with van der Waals surface area (Å²) < 4.78 is 10.1. The molecule has 1 fully saturated rings. The molecule has 30 heavy (non-hydrogen) atoms. The molecule has 2 amide bonds. The molecule has 168 valence electrons. The minimum atomic E-state index is -1.80. The van der Waals surface area contributed by atoms with Crippen molar-refractivity contribution in [1.29, 1.82) is 0 Å². The van der Waals surface area contributed by atoms with E-state index in [0.717, 1.165) is 10.5 Å². The maximum atomic E-state index is 12.2. The number of nitrogens with zero attached hydrogens (tertiary/aromatic N) is 1. The number of rotatable bonds is 9. The first-order valence-corrected chi connectivity index (χ1v) is 9.85. The number of hydrogen-bond donors (Lipinski definition) is 4. The molecule has 10 heteroatoms. The zero-order chi connectivity index (χ0) is 22.1. The first-order chi connectivity index (χ1) is 14.3. The number of carbonyl (C=O) groups is 2. The minimum absolute atomic E-state index is 0.135. The van der Waals surface area contributed by atoms with Gasteiger partial charge in [-0.1, -0.05) is 30.3 Å². The van der Waals surface area contributed by atoms with Gasteiger partial charge in [0.25, 0.3) is 0 Å². The van der Waals surface area contributed by atoms with Crippen LogP contribution in [0.4, 0.5) is 4.79 Å². The molecule has 0 radical (unpaired) electrons. The van der Waals surface area contributed by atoms with Crippen LogP contribution in [0.3, 0.4) is 0 Å². The molecule has 1 aromatic rings. The summed E-state index contributed by atoms with van der Waals surface area (Å²) in [6, 6.07) is 7.98. The molecule has 1 aromatic carbocycles. The van der Waals surface area contributed by atoms with Crippen molar-refractivity contribution < 1.29 is 39.5 Å². The highest BCUT2D eigenvalue weighted by Gasteiger charge is 2.43. The second kappa shape index (κ2) is 11.8. The molecular formula is C20H29N2O8-. The van der Waals surface area contributed by atoms with Crippen molar-refractivity contribution in [3.8, 4) is 0 Å². The molecule has 5 atom stereocenters. The summed E-state index contributed by atoms with van der Waals surface area (Å²) in [4.78, 5) is 24.9. The highest BCUT2D eigenvalue weighted by atomic mass is 16.6. The lowest BCUT2D eigenvalue weighted by atomic mass is 9.95. The lowest BCUT2D eigenvalue weighted by molar-refractivity contribution is -0.525. The molecule has 1 aliphatic rings. The molecule has 4 N–H and O–H groups in total. The van der Waals surface area contributed by atoms with Crippen LogP contribution in [-0.4, -0.2) is 82.6 Å². The number of unbranched alkanes of at least 4 members (excludes halogenated alkanes) is 1. The van der Waals surface area contributed by atoms with Gasteiger partial charge in [-0.05, 0) is 18.4 Å². The van der Waals surface area contributed by atoms with Gasteiger partial charge in [-0.15, -0.1) is 0 Å². The summed E-state index contributed by atoms with van der Waals surface area (Å²) in [6.07, 6.45) is -5.63. The van der Waals surface area contributed by atoms with Crippen LogP contribution < -0.4 is 10.4 Å². The monoisotopic (exact) mass is 425 g/mol. The van der Waals surface area contributed by atoms with Gasteiger partial charge in [0.2, 0.25) is 5.91 Å². The van der Waals surface area contributed by atoms with Gasteiger partial charge >= 0.3 is 6.09 Å². The van der Waals surface area contributed by atoms with Crippen LogP contribution >= 0.6 is 0 Å². The van der Waals surface area contributed by atoms with Crippen LogP contribution in [0, 0.1) is 0 Å². The smallest absolute Gasteiger partial charge is 0.407 e. The number of benzene rings is 1. The van der Waals surface area contributed by atoms with Crippen LogP contribution in [0.25, 0.3) is 0 Å². The van der Waals surface area contributed by atoms with E-state index in [1.54, 1.807) is 0 Å². The number of amides is 2. The Labute approximate surface area is 175 Å². The van der Waals surface area contributed by atoms with Crippen molar-refractivity contribution in [2.75, 3.05) is 19.7 Å². The Kier molecular flexibility index (Phi) is 9.47. The topological polar surface area (TPSA) is 152 Å². The quantitative estimate of drug-likeness (QED) is 0.357. The molecule has 0 unspecified atom stereocenters. The van der Waals surface area contributed by atoms with Crippen LogP contribution in [0.2, 0.25) is 0 Å². The molecule has 1 heterocycles. The molecule has 0 spiro atoms. The van der Waals surface area contributed by atoms with E-state index < -0.39 is 49.3 Å². The lowest BCUT2D eigenvalue weighted by Gasteiger charge is -2.50. The molecule has 0 saturated carbocycles. The van der Waals surface area contributed by atoms with Gasteiger partial charge < -0.3 is 40.1 Å². The predicted octanol–water partition coefficient (Wildman–Crippen LogP) is -1.29. The molecule has 1 saturated heterocycles. The summed E-state index contributed by atoms with van der Waals surface area (Å²) in [5, 5.41) is 44.2. The number of ether oxygens (including phenoxy) is 2. The van der Waals surface area contributed by atoms with E-state index in [2.05, 4.69) is 5.32 Å². The Balaban J connectivity index is 1.74. The first-order valence-electron chi connectivity index (χ1n) is 9.85. The van der Waals surface area contributed by atoms with E-state index in [-0.39, 0.29) is 13.2 Å². The lowest BCUT2D eigenvalue weighted by Crippen LogP contribution is -2.68. The van der Waals surface area contributed by atoms with Crippen molar-refractivity contribution in [3.63, 3.8) is 0 Å². The first kappa shape index (κ1) is 24.0. The van der Waals surface area contributed by atoms with E-state index in [1.165, 1.54) is 6.92 Å². The van der Waals surface area contributed by atoms with Crippen LogP contribution in [0.1, 0.15) is 25.3 Å². The average molecular weight is 425 g/mol. The van der Waals surface area contributed by atoms with E-state index in [0.29, 0.717) is 19.4 Å². The van der Waals surface area contributed by atoms with E-state index in [1.807, 2.05) is 30.3 Å². The third-order valence-electron chi connectivity index (χ3n) is 4.92. The summed E-state index contributed by atoms with van der Waals surface area (Å²) in [5.74, 6) is -0.451. The zero-order valence-corrected chi connectivity index (χ0v) is 16.8. The highest BCUT2D eigenvalue weighted by molar-refractivity contribution is 5.73. The number of aliphatic hydroxyl groups excluding tert-OH is 3. The van der Waals surface area contributed by atoms with Gasteiger partial charge in [0.1, 0.15) is 24.9 Å². The Morgan fingerprint density at radius 2 is 1.90 bits per heavy atom. The second-order valence-electron chi connectivity index (χ2n) is 7.11. The number of carbonyl (C=O) groups excluding carboxylic acids is 2. The summed E-state index contributed by atoms with van der Waals surface area (Å²) >= 11 is 0. The number of aliphatic hydroxyl groups is 3. The van der Waals surface area contributed by atoms with Gasteiger partial charge in [0, 0.05) is 26.3 Å². The van der Waals surface area contributed by atoms with Crippen LogP contribution in [0.15, 0.2) is 30.3 Å². The summed E-state index contributed by atoms with van der Waals surface area (Å²) in [5.41, 5.74) is 0.871. The van der Waals surface area contributed by atoms with Crippen LogP contribution in [0.5, 0.6) is 0 Å². The molecule has 0 aromatic heterocycles. The van der Waals surface area contributed by atoms with Crippen molar-refractivity contribution >= 4 is 12.0 Å². The Morgan fingerprint density at radius 3 is 2.53 bits per heavy atom. The fourth-order valence-electron chi connectivity index (χ4n) is 3.29. The number of alkyl carbamates (subject to hydrolysis) is 1. The largest absolute Gasteiger partial charge is 0.829 e. The Hall–Kier alpha value is -2.24. The van der Waals surface area contributed by atoms with Crippen molar-refractivity contribution in [2.24, 2.45) is 0 Å². The van der Waals surface area contributed by atoms with Crippen molar-refractivity contribution in [2.45, 2.75) is 57.0 Å². The third kappa shape index (κ3) is 6.64. The fourth-order valence-corrected chi connectivity index (χ4v) is 3.29. The second-order valence-corrected chi connectivity index (χ2v) is 7.11. The molecule has 10 nitrogen and oxygen atoms in total. The molecule has 2 rings (SSSR count). The summed E-state index contributed by atoms with van der Waals surface area (Å²) in [6.45, 7) is 1.24. The van der Waals surface area contributed by atoms with Gasteiger partial charge in [0.05, 0.1) is 12.6 Å². The normalized spacial score (nSPS) is 26.1. The molecular weight excluding hydrogens is 396 g/mol. The predicted molar refractivity (Wildman–Crippen MR) is 103 cm³/mol. The van der Waals surface area contributed by atoms with Crippen LogP contribution in [-0.2, 0) is 20.9 Å². The minimum Gasteiger partial charge on any atom is -0.829 e. The Morgan fingerprint density at radius 1 is 1.20 bits per heavy atom. The van der Waals surface area contributed by atoms with E-state index in [9.17, 15) is 24.9 Å². The average Bonchev–Trinajstić information content (AvgIpc) is 2.73. The molecule has 1 aliphatic heterocycles. The maximum absolute atomic E-state index is 12.2. The third-order valence-corrected chi connectivity index (χ3v) is 4.92. The van der Waals surface area contributed by atoms with Gasteiger partial charge in [-0.2, -0.15) is 0 Å². The number of hydrogen-bond acceptors (Lipinski definition) is 8.